The van der Waals surface area contributed by atoms with Gasteiger partial charge in [0, 0.05) is 3.57 Å². The lowest BCUT2D eigenvalue weighted by Gasteiger charge is -2.43. The van der Waals surface area contributed by atoms with E-state index in [9.17, 15) is 9.59 Å². The lowest BCUT2D eigenvalue weighted by molar-refractivity contribution is -0.184. The minimum atomic E-state index is -0.994. The summed E-state index contributed by atoms with van der Waals surface area (Å²) < 4.78 is 7.01. The fourth-order valence-corrected chi connectivity index (χ4v) is 4.20. The number of Topliss-reactive ketones (excluding diaryl/α,β-unsaturated/α-hetero) is 2. The molecule has 1 aliphatic heterocycles. The van der Waals surface area contributed by atoms with Crippen LogP contribution in [0.1, 0.15) is 51.7 Å². The number of ether oxygens (including phenoxy) is 1. The maximum atomic E-state index is 13.2. The van der Waals surface area contributed by atoms with Crippen molar-refractivity contribution < 1.29 is 14.3 Å². The summed E-state index contributed by atoms with van der Waals surface area (Å²) in [5, 5.41) is 0. The predicted molar refractivity (Wildman–Crippen MR) is 116 cm³/mol. The normalized spacial score (nSPS) is 19.3. The van der Waals surface area contributed by atoms with E-state index in [1.807, 2.05) is 19.1 Å². The van der Waals surface area contributed by atoms with Crippen molar-refractivity contribution in [2.24, 2.45) is 0 Å². The Bertz CT molecular complexity index is 868. The Morgan fingerprint density at radius 1 is 0.889 bits per heavy atom. The van der Waals surface area contributed by atoms with Crippen LogP contribution in [0.2, 0.25) is 0 Å². The molecule has 0 radical (unpaired) electrons. The average Bonchev–Trinajstić information content (AvgIpc) is 2.60. The summed E-state index contributed by atoms with van der Waals surface area (Å²) in [4.78, 5) is 26.3. The van der Waals surface area contributed by atoms with Crippen LogP contribution in [-0.4, -0.2) is 22.8 Å². The smallest absolute Gasteiger partial charge is 0.179 e. The van der Waals surface area contributed by atoms with Gasteiger partial charge in [0.25, 0.3) is 0 Å². The average molecular weight is 476 g/mol. The molecule has 0 aromatic heterocycles. The second kappa shape index (κ2) is 7.13. The van der Waals surface area contributed by atoms with E-state index in [2.05, 4.69) is 52.9 Å². The van der Waals surface area contributed by atoms with E-state index in [0.29, 0.717) is 0 Å². The third-order valence-electron chi connectivity index (χ3n) is 5.24. The highest BCUT2D eigenvalue weighted by Crippen LogP contribution is 2.40. The molecule has 2 aromatic carbocycles. The van der Waals surface area contributed by atoms with Crippen LogP contribution in [0.15, 0.2) is 42.5 Å². The molecule has 0 amide bonds. The van der Waals surface area contributed by atoms with Gasteiger partial charge < -0.3 is 4.74 Å². The molecular formula is C23H25IO3. The number of benzene rings is 2. The highest BCUT2D eigenvalue weighted by atomic mass is 127. The highest BCUT2D eigenvalue weighted by molar-refractivity contribution is 14.1. The predicted octanol–water partition coefficient (Wildman–Crippen LogP) is 5.33. The summed E-state index contributed by atoms with van der Waals surface area (Å²) in [6, 6.07) is 14.4. The number of halogens is 1. The Kier molecular flexibility index (Phi) is 5.34. The van der Waals surface area contributed by atoms with E-state index in [0.717, 1.165) is 28.7 Å². The van der Waals surface area contributed by atoms with Gasteiger partial charge in [-0.1, -0.05) is 31.2 Å². The zero-order valence-corrected chi connectivity index (χ0v) is 18.6. The van der Waals surface area contributed by atoms with Gasteiger partial charge in [-0.3, -0.25) is 9.59 Å². The third kappa shape index (κ3) is 3.74. The number of ketones is 2. The standard InChI is InChI=1S/C23H25IO3/c1-6-14-7-8-16(15-9-11-17(24)12-10-15)13-18(14)19-20(25)22(2,3)27-23(4,5)21(19)26/h7-13,19H,6H2,1-5H3. The summed E-state index contributed by atoms with van der Waals surface area (Å²) in [5.41, 5.74) is 1.95. The molecule has 0 atom stereocenters. The Hall–Kier alpha value is -1.53. The van der Waals surface area contributed by atoms with Crippen molar-refractivity contribution >= 4 is 34.2 Å². The fraction of sp³-hybridized carbons (Fsp3) is 0.391. The first-order chi connectivity index (χ1) is 12.6. The minimum absolute atomic E-state index is 0.165. The van der Waals surface area contributed by atoms with Gasteiger partial charge in [0.05, 0.1) is 0 Å². The topological polar surface area (TPSA) is 43.4 Å². The van der Waals surface area contributed by atoms with Crippen LogP contribution in [0.25, 0.3) is 11.1 Å². The SMILES string of the molecule is CCc1ccc(-c2ccc(I)cc2)cc1C1C(=O)C(C)(C)OC(C)(C)C1=O. The van der Waals surface area contributed by atoms with Crippen LogP contribution in [-0.2, 0) is 20.7 Å². The molecule has 3 nitrogen and oxygen atoms in total. The summed E-state index contributed by atoms with van der Waals surface area (Å²) in [6.07, 6.45) is 0.765. The maximum absolute atomic E-state index is 13.2. The number of carbonyl (C=O) groups excluding carboxylic acids is 2. The molecule has 0 spiro atoms. The van der Waals surface area contributed by atoms with Crippen molar-refractivity contribution in [3.8, 4) is 11.1 Å². The molecule has 0 bridgehead atoms. The largest absolute Gasteiger partial charge is 0.354 e. The minimum Gasteiger partial charge on any atom is -0.354 e. The van der Waals surface area contributed by atoms with Gasteiger partial charge in [-0.15, -0.1) is 0 Å². The van der Waals surface area contributed by atoms with Crippen molar-refractivity contribution in [2.75, 3.05) is 0 Å². The molecule has 0 unspecified atom stereocenters. The molecular weight excluding hydrogens is 451 g/mol. The monoisotopic (exact) mass is 476 g/mol. The molecule has 0 N–H and O–H groups in total. The van der Waals surface area contributed by atoms with E-state index in [1.165, 1.54) is 3.57 Å². The molecule has 1 aliphatic rings. The quantitative estimate of drug-likeness (QED) is 0.445. The van der Waals surface area contributed by atoms with Crippen molar-refractivity contribution in [1.82, 2.24) is 0 Å². The molecule has 0 aliphatic carbocycles. The first-order valence-corrected chi connectivity index (χ1v) is 10.3. The van der Waals surface area contributed by atoms with E-state index in [4.69, 9.17) is 4.74 Å². The van der Waals surface area contributed by atoms with E-state index in [-0.39, 0.29) is 11.6 Å². The molecule has 27 heavy (non-hydrogen) atoms. The molecule has 4 heteroatoms. The van der Waals surface area contributed by atoms with Gasteiger partial charge in [0.15, 0.2) is 11.6 Å². The Balaban J connectivity index is 2.16. The summed E-state index contributed by atoms with van der Waals surface area (Å²) in [5.74, 6) is -1.12. The Morgan fingerprint density at radius 3 is 1.93 bits per heavy atom. The van der Waals surface area contributed by atoms with Crippen LogP contribution in [0, 0.1) is 3.57 Å². The first-order valence-electron chi connectivity index (χ1n) is 9.24. The van der Waals surface area contributed by atoms with Gasteiger partial charge in [-0.05, 0) is 97.2 Å². The summed E-state index contributed by atoms with van der Waals surface area (Å²) in [7, 11) is 0. The lowest BCUT2D eigenvalue weighted by Crippen LogP contribution is -2.58. The number of hydrogen-bond acceptors (Lipinski definition) is 3. The van der Waals surface area contributed by atoms with E-state index < -0.39 is 17.1 Å². The highest BCUT2D eigenvalue weighted by Gasteiger charge is 2.53. The summed E-state index contributed by atoms with van der Waals surface area (Å²) >= 11 is 2.28. The molecule has 0 saturated carbocycles. The van der Waals surface area contributed by atoms with Gasteiger partial charge in [-0.25, -0.2) is 0 Å². The van der Waals surface area contributed by atoms with Crippen LogP contribution < -0.4 is 0 Å². The Morgan fingerprint density at radius 2 is 1.41 bits per heavy atom. The zero-order valence-electron chi connectivity index (χ0n) is 16.4. The molecule has 1 heterocycles. The summed E-state index contributed by atoms with van der Waals surface area (Å²) in [6.45, 7) is 9.07. The second-order valence-corrected chi connectivity index (χ2v) is 9.30. The number of rotatable bonds is 3. The van der Waals surface area contributed by atoms with Gasteiger partial charge in [-0.2, -0.15) is 0 Å². The van der Waals surface area contributed by atoms with Gasteiger partial charge >= 0.3 is 0 Å². The number of hydrogen-bond donors (Lipinski definition) is 0. The second-order valence-electron chi connectivity index (χ2n) is 8.06. The van der Waals surface area contributed by atoms with E-state index in [1.54, 1.807) is 27.7 Å². The van der Waals surface area contributed by atoms with Crippen LogP contribution in [0.5, 0.6) is 0 Å². The van der Waals surface area contributed by atoms with Crippen LogP contribution >= 0.6 is 22.6 Å². The van der Waals surface area contributed by atoms with Crippen molar-refractivity contribution in [2.45, 2.75) is 58.2 Å². The van der Waals surface area contributed by atoms with Gasteiger partial charge in [0.2, 0.25) is 0 Å². The van der Waals surface area contributed by atoms with Crippen molar-refractivity contribution in [3.05, 3.63) is 57.2 Å². The first kappa shape index (κ1) is 20.2. The fourth-order valence-electron chi connectivity index (χ4n) is 3.84. The molecule has 142 valence electrons. The molecule has 2 aromatic rings. The van der Waals surface area contributed by atoms with Crippen LogP contribution in [0.3, 0.4) is 0 Å². The zero-order chi connectivity index (χ0) is 20.0. The maximum Gasteiger partial charge on any atom is 0.179 e. The third-order valence-corrected chi connectivity index (χ3v) is 5.96. The van der Waals surface area contributed by atoms with Crippen LogP contribution in [0.4, 0.5) is 0 Å². The molecule has 1 saturated heterocycles. The molecule has 3 rings (SSSR count). The number of aryl methyl sites for hydroxylation is 1. The lowest BCUT2D eigenvalue weighted by atomic mass is 9.73. The van der Waals surface area contributed by atoms with Crippen molar-refractivity contribution in [3.63, 3.8) is 0 Å². The Labute approximate surface area is 174 Å². The number of carbonyl (C=O) groups is 2. The van der Waals surface area contributed by atoms with E-state index >= 15 is 0 Å². The molecule has 1 fully saturated rings. The van der Waals surface area contributed by atoms with Gasteiger partial charge in [0.1, 0.15) is 17.1 Å². The van der Waals surface area contributed by atoms with Crippen molar-refractivity contribution in [1.29, 1.82) is 0 Å².